The zero-order valence-corrected chi connectivity index (χ0v) is 8.07. The van der Waals surface area contributed by atoms with Gasteiger partial charge in [0.2, 0.25) is 0 Å². The molecule has 9 heavy (non-hydrogen) atoms. The van der Waals surface area contributed by atoms with E-state index in [2.05, 4.69) is 15.9 Å². The molecule has 0 bridgehead atoms. The number of hydrogen-bond donors (Lipinski definition) is 1. The second kappa shape index (κ2) is 3.02. The minimum absolute atomic E-state index is 0.152. The molecule has 0 fully saturated rings. The van der Waals surface area contributed by atoms with E-state index in [-0.39, 0.29) is 10.4 Å². The van der Waals surface area contributed by atoms with Crippen LogP contribution in [-0.2, 0) is 0 Å². The molecule has 0 aromatic rings. The quantitative estimate of drug-likeness (QED) is 0.669. The average molecular weight is 195 g/mol. The average Bonchev–Trinajstić information content (AvgIpc) is 1.62. The van der Waals surface area contributed by atoms with Gasteiger partial charge in [-0.3, -0.25) is 0 Å². The van der Waals surface area contributed by atoms with Crippen molar-refractivity contribution in [3.8, 4) is 0 Å². The standard InChI is InChI=1S/C7H15BrO/c1-5(2)6(9)7(3,4)8/h5-6,9H,1-4H3. The molecule has 1 nitrogen and oxygen atoms in total. The Balaban J connectivity index is 3.88. The molecular formula is C7H15BrO. The first-order valence-corrected chi connectivity index (χ1v) is 4.02. The SMILES string of the molecule is CC(C)C(O)C(C)(C)Br. The van der Waals surface area contributed by atoms with Crippen LogP contribution in [0, 0.1) is 5.92 Å². The molecule has 2 heteroatoms. The van der Waals surface area contributed by atoms with Crippen molar-refractivity contribution in [2.75, 3.05) is 0 Å². The van der Waals surface area contributed by atoms with E-state index in [1.54, 1.807) is 0 Å². The summed E-state index contributed by atoms with van der Waals surface area (Å²) in [5, 5.41) is 9.42. The summed E-state index contributed by atoms with van der Waals surface area (Å²) in [5.41, 5.74) is 0. The summed E-state index contributed by atoms with van der Waals surface area (Å²) < 4.78 is -0.152. The molecule has 0 saturated heterocycles. The van der Waals surface area contributed by atoms with Crippen LogP contribution in [0.4, 0.5) is 0 Å². The molecule has 0 radical (unpaired) electrons. The van der Waals surface area contributed by atoms with E-state index in [0.29, 0.717) is 5.92 Å². The third-order valence-electron chi connectivity index (χ3n) is 1.33. The Bertz CT molecular complexity index is 83.4. The maximum atomic E-state index is 9.42. The zero-order valence-electron chi connectivity index (χ0n) is 6.48. The molecule has 0 aromatic carbocycles. The molecule has 1 unspecified atom stereocenters. The Morgan fingerprint density at radius 2 is 1.67 bits per heavy atom. The van der Waals surface area contributed by atoms with Crippen LogP contribution in [0.1, 0.15) is 27.7 Å². The number of rotatable bonds is 2. The minimum Gasteiger partial charge on any atom is -0.391 e. The Hall–Kier alpha value is 0.440. The van der Waals surface area contributed by atoms with E-state index in [0.717, 1.165) is 0 Å². The molecule has 0 amide bonds. The predicted molar refractivity (Wildman–Crippen MR) is 43.9 cm³/mol. The molecule has 0 aliphatic carbocycles. The smallest absolute Gasteiger partial charge is 0.0710 e. The van der Waals surface area contributed by atoms with Gasteiger partial charge in [-0.1, -0.05) is 29.8 Å². The first-order valence-electron chi connectivity index (χ1n) is 3.22. The largest absolute Gasteiger partial charge is 0.391 e. The number of alkyl halides is 1. The summed E-state index contributed by atoms with van der Waals surface area (Å²) in [5.74, 6) is 0.319. The fraction of sp³-hybridized carbons (Fsp3) is 1.00. The van der Waals surface area contributed by atoms with Gasteiger partial charge in [-0.25, -0.2) is 0 Å². The molecule has 0 aliphatic rings. The monoisotopic (exact) mass is 194 g/mol. The minimum atomic E-state index is -0.266. The maximum Gasteiger partial charge on any atom is 0.0710 e. The Kier molecular flexibility index (Phi) is 3.17. The van der Waals surface area contributed by atoms with Gasteiger partial charge in [0.15, 0.2) is 0 Å². The number of aliphatic hydroxyl groups is 1. The van der Waals surface area contributed by atoms with Gasteiger partial charge in [0.1, 0.15) is 0 Å². The fourth-order valence-corrected chi connectivity index (χ4v) is 1.32. The summed E-state index contributed by atoms with van der Waals surface area (Å²) in [7, 11) is 0. The van der Waals surface area contributed by atoms with Crippen molar-refractivity contribution in [2.24, 2.45) is 5.92 Å². The predicted octanol–water partition coefficient (Wildman–Crippen LogP) is 2.18. The van der Waals surface area contributed by atoms with Crippen LogP contribution in [0.5, 0.6) is 0 Å². The highest BCUT2D eigenvalue weighted by Gasteiger charge is 2.26. The zero-order chi connectivity index (χ0) is 7.65. The molecule has 0 saturated carbocycles. The van der Waals surface area contributed by atoms with Crippen molar-refractivity contribution in [2.45, 2.75) is 38.1 Å². The highest BCUT2D eigenvalue weighted by atomic mass is 79.9. The molecule has 56 valence electrons. The summed E-state index contributed by atoms with van der Waals surface area (Å²) in [4.78, 5) is 0. The fourth-order valence-electron chi connectivity index (χ4n) is 0.793. The van der Waals surface area contributed by atoms with Gasteiger partial charge < -0.3 is 5.11 Å². The van der Waals surface area contributed by atoms with Gasteiger partial charge in [0.25, 0.3) is 0 Å². The van der Waals surface area contributed by atoms with Crippen LogP contribution >= 0.6 is 15.9 Å². The maximum absolute atomic E-state index is 9.42. The summed E-state index contributed by atoms with van der Waals surface area (Å²) in [6.45, 7) is 7.96. The van der Waals surface area contributed by atoms with Crippen LogP contribution in [0.15, 0.2) is 0 Å². The van der Waals surface area contributed by atoms with Crippen LogP contribution in [-0.4, -0.2) is 15.5 Å². The molecule has 1 N–H and O–H groups in total. The lowest BCUT2D eigenvalue weighted by Gasteiger charge is -2.26. The molecule has 0 aliphatic heterocycles. The second-order valence-corrected chi connectivity index (χ2v) is 5.30. The van der Waals surface area contributed by atoms with Gasteiger partial charge in [-0.2, -0.15) is 0 Å². The highest BCUT2D eigenvalue weighted by Crippen LogP contribution is 2.25. The topological polar surface area (TPSA) is 20.2 Å². The molecule has 0 heterocycles. The van der Waals surface area contributed by atoms with Crippen LogP contribution in [0.3, 0.4) is 0 Å². The molecule has 0 rings (SSSR count). The van der Waals surface area contributed by atoms with Crippen molar-refractivity contribution in [3.05, 3.63) is 0 Å². The summed E-state index contributed by atoms with van der Waals surface area (Å²) in [6.07, 6.45) is -0.266. The van der Waals surface area contributed by atoms with Gasteiger partial charge in [0.05, 0.1) is 6.10 Å². The molecule has 1 atom stereocenters. The van der Waals surface area contributed by atoms with Crippen LogP contribution < -0.4 is 0 Å². The third-order valence-corrected chi connectivity index (χ3v) is 1.80. The Morgan fingerprint density at radius 1 is 1.33 bits per heavy atom. The van der Waals surface area contributed by atoms with Crippen molar-refractivity contribution in [1.82, 2.24) is 0 Å². The Morgan fingerprint density at radius 3 is 1.67 bits per heavy atom. The first-order chi connectivity index (χ1) is 3.85. The van der Waals surface area contributed by atoms with Gasteiger partial charge in [0, 0.05) is 4.32 Å². The molecule has 0 spiro atoms. The third kappa shape index (κ3) is 3.21. The van der Waals surface area contributed by atoms with E-state index in [1.807, 2.05) is 27.7 Å². The lowest BCUT2D eigenvalue weighted by Crippen LogP contribution is -2.34. The van der Waals surface area contributed by atoms with Gasteiger partial charge in [-0.15, -0.1) is 0 Å². The van der Waals surface area contributed by atoms with Gasteiger partial charge in [-0.05, 0) is 19.8 Å². The van der Waals surface area contributed by atoms with E-state index in [9.17, 15) is 5.11 Å². The summed E-state index contributed by atoms with van der Waals surface area (Å²) in [6, 6.07) is 0. The van der Waals surface area contributed by atoms with Gasteiger partial charge >= 0.3 is 0 Å². The van der Waals surface area contributed by atoms with Crippen molar-refractivity contribution < 1.29 is 5.11 Å². The van der Waals surface area contributed by atoms with Crippen molar-refractivity contribution in [1.29, 1.82) is 0 Å². The lowest BCUT2D eigenvalue weighted by molar-refractivity contribution is 0.0982. The van der Waals surface area contributed by atoms with E-state index in [1.165, 1.54) is 0 Å². The van der Waals surface area contributed by atoms with Crippen molar-refractivity contribution in [3.63, 3.8) is 0 Å². The lowest BCUT2D eigenvalue weighted by atomic mass is 9.97. The van der Waals surface area contributed by atoms with E-state index >= 15 is 0 Å². The number of aliphatic hydroxyl groups excluding tert-OH is 1. The molecular weight excluding hydrogens is 180 g/mol. The first kappa shape index (κ1) is 9.44. The van der Waals surface area contributed by atoms with Crippen LogP contribution in [0.25, 0.3) is 0 Å². The summed E-state index contributed by atoms with van der Waals surface area (Å²) >= 11 is 3.39. The Labute approximate surface area is 65.6 Å². The number of halogens is 1. The second-order valence-electron chi connectivity index (χ2n) is 3.25. The normalized spacial score (nSPS) is 16.3. The van der Waals surface area contributed by atoms with Crippen LogP contribution in [0.2, 0.25) is 0 Å². The number of hydrogen-bond acceptors (Lipinski definition) is 1. The van der Waals surface area contributed by atoms with E-state index < -0.39 is 0 Å². The molecule has 0 aromatic heterocycles. The highest BCUT2D eigenvalue weighted by molar-refractivity contribution is 9.10. The van der Waals surface area contributed by atoms with E-state index in [4.69, 9.17) is 0 Å². The van der Waals surface area contributed by atoms with Crippen molar-refractivity contribution >= 4 is 15.9 Å².